The molecule has 1 aromatic carbocycles. The molecule has 0 bridgehead atoms. The number of hydrogen-bond acceptors (Lipinski definition) is 6. The van der Waals surface area contributed by atoms with Crippen molar-refractivity contribution in [3.63, 3.8) is 0 Å². The molecule has 0 aliphatic heterocycles. The predicted molar refractivity (Wildman–Crippen MR) is 78.3 cm³/mol. The van der Waals surface area contributed by atoms with Gasteiger partial charge in [0.2, 0.25) is 5.89 Å². The highest BCUT2D eigenvalue weighted by Crippen LogP contribution is 2.31. The van der Waals surface area contributed by atoms with Crippen LogP contribution >= 0.6 is 11.6 Å². The molecule has 1 heterocycles. The monoisotopic (exact) mass is 310 g/mol. The average Bonchev–Trinajstić information content (AvgIpc) is 2.92. The Morgan fingerprint density at radius 2 is 2.19 bits per heavy atom. The van der Waals surface area contributed by atoms with Crippen molar-refractivity contribution in [2.24, 2.45) is 0 Å². The van der Waals surface area contributed by atoms with Crippen LogP contribution in [0.3, 0.4) is 0 Å². The van der Waals surface area contributed by atoms with E-state index in [0.29, 0.717) is 12.3 Å². The molecule has 0 aliphatic rings. The van der Waals surface area contributed by atoms with E-state index in [1.165, 1.54) is 12.1 Å². The first-order valence-electron chi connectivity index (χ1n) is 6.59. The lowest BCUT2D eigenvalue weighted by molar-refractivity contribution is -0.384. The van der Waals surface area contributed by atoms with Crippen LogP contribution in [-0.4, -0.2) is 28.2 Å². The Balaban J connectivity index is 2.16. The lowest BCUT2D eigenvalue weighted by Crippen LogP contribution is -2.17. The van der Waals surface area contributed by atoms with Gasteiger partial charge in [-0.25, -0.2) is 0 Å². The highest BCUT2D eigenvalue weighted by atomic mass is 35.5. The van der Waals surface area contributed by atoms with Gasteiger partial charge in [0.05, 0.1) is 4.92 Å². The van der Waals surface area contributed by atoms with E-state index in [-0.39, 0.29) is 22.2 Å². The van der Waals surface area contributed by atoms with Gasteiger partial charge in [0.15, 0.2) is 0 Å². The molecule has 112 valence electrons. The number of nitrogens with one attached hydrogen (secondary N) is 1. The first kappa shape index (κ1) is 15.4. The van der Waals surface area contributed by atoms with Gasteiger partial charge in [0.25, 0.3) is 11.6 Å². The van der Waals surface area contributed by atoms with Crippen molar-refractivity contribution in [3.05, 3.63) is 39.2 Å². The van der Waals surface area contributed by atoms with Crippen LogP contribution in [0.25, 0.3) is 11.5 Å². The van der Waals surface area contributed by atoms with Crippen molar-refractivity contribution in [3.8, 4) is 11.5 Å². The van der Waals surface area contributed by atoms with Crippen LogP contribution in [0, 0.1) is 10.1 Å². The maximum Gasteiger partial charge on any atom is 0.283 e. The molecule has 0 saturated heterocycles. The first-order chi connectivity index (χ1) is 10.1. The van der Waals surface area contributed by atoms with E-state index < -0.39 is 4.92 Å². The molecular weight excluding hydrogens is 296 g/mol. The van der Waals surface area contributed by atoms with Crippen LogP contribution in [0.2, 0.25) is 5.02 Å². The number of nitrogens with zero attached hydrogens (tertiary/aromatic N) is 3. The summed E-state index contributed by atoms with van der Waals surface area (Å²) in [6, 6.07) is 4.33. The highest BCUT2D eigenvalue weighted by Gasteiger charge is 2.20. The van der Waals surface area contributed by atoms with Gasteiger partial charge in [-0.3, -0.25) is 10.1 Å². The molecule has 2 rings (SSSR count). The fraction of sp³-hybridized carbons (Fsp3) is 0.385. The molecule has 8 heteroatoms. The molecule has 0 aliphatic carbocycles. The van der Waals surface area contributed by atoms with Crippen molar-refractivity contribution < 1.29 is 9.34 Å². The predicted octanol–water partition coefficient (Wildman–Crippen LogP) is 2.84. The topological polar surface area (TPSA) is 94.1 Å². The van der Waals surface area contributed by atoms with E-state index in [1.807, 2.05) is 0 Å². The average molecular weight is 311 g/mol. The summed E-state index contributed by atoms with van der Waals surface area (Å²) in [6.07, 6.45) is 1.63. The van der Waals surface area contributed by atoms with E-state index in [1.54, 1.807) is 6.07 Å². The second kappa shape index (κ2) is 7.14. The maximum atomic E-state index is 11.0. The Morgan fingerprint density at radius 3 is 2.90 bits per heavy atom. The smallest absolute Gasteiger partial charge is 0.283 e. The summed E-state index contributed by atoms with van der Waals surface area (Å²) in [4.78, 5) is 10.5. The summed E-state index contributed by atoms with van der Waals surface area (Å²) >= 11 is 5.77. The minimum absolute atomic E-state index is 0.129. The Morgan fingerprint density at radius 1 is 1.38 bits per heavy atom. The summed E-state index contributed by atoms with van der Waals surface area (Å²) in [5, 5.41) is 22.3. The van der Waals surface area contributed by atoms with E-state index in [0.717, 1.165) is 19.5 Å². The molecular formula is C13H15ClN4O3. The third kappa shape index (κ3) is 3.99. The Hall–Kier alpha value is -1.99. The second-order valence-electron chi connectivity index (χ2n) is 4.42. The molecule has 0 fully saturated rings. The molecule has 0 radical (unpaired) electrons. The van der Waals surface area contributed by atoms with Crippen LogP contribution in [0.4, 0.5) is 5.69 Å². The van der Waals surface area contributed by atoms with Crippen LogP contribution < -0.4 is 5.32 Å². The molecule has 0 unspecified atom stereocenters. The Labute approximate surface area is 126 Å². The SMILES string of the molecule is CCCNCCc1nnc(-c2ccc(Cl)cc2[N+](=O)[O-])o1. The third-order valence-corrected chi connectivity index (χ3v) is 3.03. The molecule has 7 nitrogen and oxygen atoms in total. The van der Waals surface area contributed by atoms with Gasteiger partial charge in [-0.15, -0.1) is 10.2 Å². The van der Waals surface area contributed by atoms with Crippen molar-refractivity contribution >= 4 is 17.3 Å². The standard InChI is InChI=1S/C13H15ClN4O3/c1-2-6-15-7-5-12-16-17-13(21-12)10-4-3-9(14)8-11(10)18(19)20/h3-4,8,15H,2,5-7H2,1H3. The maximum absolute atomic E-state index is 11.0. The molecule has 0 saturated carbocycles. The van der Waals surface area contributed by atoms with Crippen LogP contribution in [0.5, 0.6) is 0 Å². The fourth-order valence-electron chi connectivity index (χ4n) is 1.80. The first-order valence-corrected chi connectivity index (χ1v) is 6.97. The molecule has 0 atom stereocenters. The summed E-state index contributed by atoms with van der Waals surface area (Å²) in [5.41, 5.74) is 0.117. The van der Waals surface area contributed by atoms with E-state index in [4.69, 9.17) is 16.0 Å². The van der Waals surface area contributed by atoms with Gasteiger partial charge >= 0.3 is 0 Å². The number of nitro benzene ring substituents is 1. The zero-order valence-electron chi connectivity index (χ0n) is 11.5. The zero-order valence-corrected chi connectivity index (χ0v) is 12.3. The molecule has 0 spiro atoms. The molecule has 1 N–H and O–H groups in total. The van der Waals surface area contributed by atoms with Crippen molar-refractivity contribution in [1.29, 1.82) is 0 Å². The molecule has 2 aromatic rings. The summed E-state index contributed by atoms with van der Waals surface area (Å²) in [7, 11) is 0. The van der Waals surface area contributed by atoms with E-state index in [2.05, 4.69) is 22.4 Å². The number of halogens is 1. The highest BCUT2D eigenvalue weighted by molar-refractivity contribution is 6.30. The van der Waals surface area contributed by atoms with E-state index >= 15 is 0 Å². The van der Waals surface area contributed by atoms with Crippen LogP contribution in [-0.2, 0) is 6.42 Å². The normalized spacial score (nSPS) is 10.8. The second-order valence-corrected chi connectivity index (χ2v) is 4.86. The van der Waals surface area contributed by atoms with Gasteiger partial charge in [0.1, 0.15) is 5.56 Å². The Kier molecular flexibility index (Phi) is 5.24. The number of rotatable bonds is 7. The van der Waals surface area contributed by atoms with Crippen molar-refractivity contribution in [2.45, 2.75) is 19.8 Å². The molecule has 0 amide bonds. The lowest BCUT2D eigenvalue weighted by atomic mass is 10.2. The van der Waals surface area contributed by atoms with Crippen molar-refractivity contribution in [1.82, 2.24) is 15.5 Å². The van der Waals surface area contributed by atoms with Gasteiger partial charge in [-0.05, 0) is 25.1 Å². The third-order valence-electron chi connectivity index (χ3n) is 2.80. The number of hydrogen-bond donors (Lipinski definition) is 1. The minimum Gasteiger partial charge on any atom is -0.420 e. The van der Waals surface area contributed by atoms with Crippen LogP contribution in [0.1, 0.15) is 19.2 Å². The van der Waals surface area contributed by atoms with Gasteiger partial charge in [-0.1, -0.05) is 18.5 Å². The lowest BCUT2D eigenvalue weighted by Gasteiger charge is -1.99. The number of aromatic nitrogens is 2. The van der Waals surface area contributed by atoms with Gasteiger partial charge in [-0.2, -0.15) is 0 Å². The van der Waals surface area contributed by atoms with Gasteiger partial charge in [0, 0.05) is 24.1 Å². The van der Waals surface area contributed by atoms with Crippen LogP contribution in [0.15, 0.2) is 22.6 Å². The van der Waals surface area contributed by atoms with Gasteiger partial charge < -0.3 is 9.73 Å². The number of nitro groups is 1. The summed E-state index contributed by atoms with van der Waals surface area (Å²) < 4.78 is 5.47. The van der Waals surface area contributed by atoms with E-state index in [9.17, 15) is 10.1 Å². The number of benzene rings is 1. The molecule has 21 heavy (non-hydrogen) atoms. The quantitative estimate of drug-likeness (QED) is 0.480. The summed E-state index contributed by atoms with van der Waals surface area (Å²) in [6.45, 7) is 3.72. The van der Waals surface area contributed by atoms with Crippen molar-refractivity contribution in [2.75, 3.05) is 13.1 Å². The fourth-order valence-corrected chi connectivity index (χ4v) is 1.96. The largest absolute Gasteiger partial charge is 0.420 e. The Bertz CT molecular complexity index is 630. The minimum atomic E-state index is -0.520. The zero-order chi connectivity index (χ0) is 15.2. The molecule has 1 aromatic heterocycles. The summed E-state index contributed by atoms with van der Waals surface area (Å²) in [5.74, 6) is 0.571.